The Morgan fingerprint density at radius 2 is 2.00 bits per heavy atom. The highest BCUT2D eigenvalue weighted by Gasteiger charge is 2.48. The van der Waals surface area contributed by atoms with Gasteiger partial charge < -0.3 is 10.1 Å². The van der Waals surface area contributed by atoms with Crippen molar-refractivity contribution in [2.24, 2.45) is 17.8 Å². The van der Waals surface area contributed by atoms with Gasteiger partial charge >= 0.3 is 0 Å². The first-order valence-corrected chi connectivity index (χ1v) is 9.17. The van der Waals surface area contributed by atoms with E-state index in [1.807, 2.05) is 0 Å². The van der Waals surface area contributed by atoms with Crippen LogP contribution in [0.5, 0.6) is 5.75 Å². The van der Waals surface area contributed by atoms with Crippen LogP contribution in [-0.4, -0.2) is 13.2 Å². The fourth-order valence-electron chi connectivity index (χ4n) is 3.91. The minimum absolute atomic E-state index is 0.441. The molecule has 2 fully saturated rings. The minimum Gasteiger partial charge on any atom is -0.494 e. The van der Waals surface area contributed by atoms with Gasteiger partial charge in [0, 0.05) is 16.1 Å². The van der Waals surface area contributed by atoms with Crippen molar-refractivity contribution in [3.05, 3.63) is 28.2 Å². The molecule has 3 unspecified atom stereocenters. The standard InChI is InChI=1S/C18H26BrNO/c1-3-7-20-18(14-9-12-8-13(12)10-14)16-11-15(19)5-6-17(16)21-4-2/h5-6,11-14,18,20H,3-4,7-10H2,1-2H3. The van der Waals surface area contributed by atoms with E-state index < -0.39 is 0 Å². The van der Waals surface area contributed by atoms with E-state index in [4.69, 9.17) is 4.74 Å². The van der Waals surface area contributed by atoms with Crippen LogP contribution in [0.2, 0.25) is 0 Å². The van der Waals surface area contributed by atoms with Crippen molar-refractivity contribution in [3.8, 4) is 5.75 Å². The summed E-state index contributed by atoms with van der Waals surface area (Å²) >= 11 is 3.63. The lowest BCUT2D eigenvalue weighted by Crippen LogP contribution is -2.29. The van der Waals surface area contributed by atoms with E-state index in [0.29, 0.717) is 6.04 Å². The van der Waals surface area contributed by atoms with E-state index >= 15 is 0 Å². The largest absolute Gasteiger partial charge is 0.494 e. The molecule has 3 rings (SSSR count). The summed E-state index contributed by atoms with van der Waals surface area (Å²) in [5.74, 6) is 3.86. The van der Waals surface area contributed by atoms with Crippen molar-refractivity contribution < 1.29 is 4.74 Å². The van der Waals surface area contributed by atoms with Crippen LogP contribution in [0.25, 0.3) is 0 Å². The smallest absolute Gasteiger partial charge is 0.124 e. The van der Waals surface area contributed by atoms with Gasteiger partial charge in [0.1, 0.15) is 5.75 Å². The monoisotopic (exact) mass is 351 g/mol. The van der Waals surface area contributed by atoms with Gasteiger partial charge in [-0.1, -0.05) is 22.9 Å². The van der Waals surface area contributed by atoms with Crippen molar-refractivity contribution in [1.82, 2.24) is 5.32 Å². The van der Waals surface area contributed by atoms with Gasteiger partial charge in [-0.05, 0) is 75.1 Å². The summed E-state index contributed by atoms with van der Waals surface area (Å²) in [6.45, 7) is 6.10. The second kappa shape index (κ2) is 6.70. The van der Waals surface area contributed by atoms with Crippen molar-refractivity contribution in [2.45, 2.75) is 45.6 Å². The van der Waals surface area contributed by atoms with E-state index in [1.54, 1.807) is 0 Å². The highest BCUT2D eigenvalue weighted by Crippen LogP contribution is 2.57. The first-order chi connectivity index (χ1) is 10.2. The summed E-state index contributed by atoms with van der Waals surface area (Å²) in [7, 11) is 0. The lowest BCUT2D eigenvalue weighted by atomic mass is 9.88. The third-order valence-electron chi connectivity index (χ3n) is 4.97. The summed E-state index contributed by atoms with van der Waals surface area (Å²) in [5.41, 5.74) is 1.34. The van der Waals surface area contributed by atoms with E-state index in [0.717, 1.165) is 41.1 Å². The van der Waals surface area contributed by atoms with Gasteiger partial charge in [0.05, 0.1) is 6.61 Å². The second-order valence-corrected chi connectivity index (χ2v) is 7.45. The van der Waals surface area contributed by atoms with Crippen LogP contribution in [0.3, 0.4) is 0 Å². The Bertz CT molecular complexity index is 480. The average molecular weight is 352 g/mol. The number of ether oxygens (including phenoxy) is 1. The second-order valence-electron chi connectivity index (χ2n) is 6.53. The zero-order chi connectivity index (χ0) is 14.8. The molecule has 0 heterocycles. The molecule has 1 N–H and O–H groups in total. The molecule has 2 nitrogen and oxygen atoms in total. The number of hydrogen-bond acceptors (Lipinski definition) is 2. The summed E-state index contributed by atoms with van der Waals surface area (Å²) in [4.78, 5) is 0. The molecular weight excluding hydrogens is 326 g/mol. The number of rotatable bonds is 7. The van der Waals surface area contributed by atoms with Gasteiger partial charge in [0.2, 0.25) is 0 Å². The number of fused-ring (bicyclic) bond motifs is 1. The fourth-order valence-corrected chi connectivity index (χ4v) is 4.29. The molecule has 3 atom stereocenters. The lowest BCUT2D eigenvalue weighted by Gasteiger charge is -2.28. The van der Waals surface area contributed by atoms with Crippen LogP contribution in [-0.2, 0) is 0 Å². The Kier molecular flexibility index (Phi) is 4.90. The molecule has 116 valence electrons. The maximum absolute atomic E-state index is 5.89. The number of nitrogens with one attached hydrogen (secondary N) is 1. The zero-order valence-corrected chi connectivity index (χ0v) is 14.7. The number of benzene rings is 1. The van der Waals surface area contributed by atoms with Crippen LogP contribution in [0.4, 0.5) is 0 Å². The van der Waals surface area contributed by atoms with Crippen LogP contribution in [0.15, 0.2) is 22.7 Å². The van der Waals surface area contributed by atoms with Crippen molar-refractivity contribution in [2.75, 3.05) is 13.2 Å². The molecule has 0 aromatic heterocycles. The minimum atomic E-state index is 0.441. The first kappa shape index (κ1) is 15.4. The van der Waals surface area contributed by atoms with Crippen molar-refractivity contribution in [1.29, 1.82) is 0 Å². The van der Waals surface area contributed by atoms with Crippen LogP contribution in [0, 0.1) is 17.8 Å². The lowest BCUT2D eigenvalue weighted by molar-refractivity contribution is 0.305. The molecule has 2 aliphatic carbocycles. The molecule has 0 saturated heterocycles. The van der Waals surface area contributed by atoms with E-state index in [2.05, 4.69) is 53.3 Å². The highest BCUT2D eigenvalue weighted by atomic mass is 79.9. The van der Waals surface area contributed by atoms with Crippen molar-refractivity contribution >= 4 is 15.9 Å². The predicted octanol–water partition coefficient (Wildman–Crippen LogP) is 4.93. The molecule has 0 radical (unpaired) electrons. The molecule has 3 heteroatoms. The third-order valence-corrected chi connectivity index (χ3v) is 5.47. The SMILES string of the molecule is CCCNC(c1cc(Br)ccc1OCC)C1CC2CC2C1. The number of halogens is 1. The zero-order valence-electron chi connectivity index (χ0n) is 13.1. The third kappa shape index (κ3) is 3.45. The van der Waals surface area contributed by atoms with Gasteiger partial charge in [0.25, 0.3) is 0 Å². The Labute approximate surface area is 136 Å². The summed E-state index contributed by atoms with van der Waals surface area (Å²) in [5, 5.41) is 3.79. The highest BCUT2D eigenvalue weighted by molar-refractivity contribution is 9.10. The van der Waals surface area contributed by atoms with E-state index in [9.17, 15) is 0 Å². The quantitative estimate of drug-likeness (QED) is 0.751. The Hall–Kier alpha value is -0.540. The van der Waals surface area contributed by atoms with E-state index in [1.165, 1.54) is 31.2 Å². The maximum Gasteiger partial charge on any atom is 0.124 e. The fraction of sp³-hybridized carbons (Fsp3) is 0.667. The molecule has 2 saturated carbocycles. The molecule has 0 spiro atoms. The van der Waals surface area contributed by atoms with Crippen LogP contribution >= 0.6 is 15.9 Å². The molecule has 0 aliphatic heterocycles. The van der Waals surface area contributed by atoms with Gasteiger partial charge in [-0.15, -0.1) is 0 Å². The molecule has 1 aromatic rings. The maximum atomic E-state index is 5.89. The average Bonchev–Trinajstić information content (AvgIpc) is 3.09. The topological polar surface area (TPSA) is 21.3 Å². The van der Waals surface area contributed by atoms with Crippen molar-refractivity contribution in [3.63, 3.8) is 0 Å². The van der Waals surface area contributed by atoms with Crippen LogP contribution < -0.4 is 10.1 Å². The van der Waals surface area contributed by atoms with Gasteiger partial charge in [0.15, 0.2) is 0 Å². The number of hydrogen-bond donors (Lipinski definition) is 1. The molecule has 1 aromatic carbocycles. The normalized spacial score (nSPS) is 28.2. The predicted molar refractivity (Wildman–Crippen MR) is 90.7 cm³/mol. The van der Waals surface area contributed by atoms with Gasteiger partial charge in [-0.3, -0.25) is 0 Å². The van der Waals surface area contributed by atoms with Gasteiger partial charge in [-0.2, -0.15) is 0 Å². The molecular formula is C18H26BrNO. The van der Waals surface area contributed by atoms with E-state index in [-0.39, 0.29) is 0 Å². The summed E-state index contributed by atoms with van der Waals surface area (Å²) in [6, 6.07) is 6.88. The molecule has 0 bridgehead atoms. The Morgan fingerprint density at radius 3 is 2.67 bits per heavy atom. The first-order valence-electron chi connectivity index (χ1n) is 8.38. The Morgan fingerprint density at radius 1 is 1.24 bits per heavy atom. The summed E-state index contributed by atoms with van der Waals surface area (Å²) in [6.07, 6.45) is 5.44. The molecule has 2 aliphatic rings. The molecule has 21 heavy (non-hydrogen) atoms. The van der Waals surface area contributed by atoms with Gasteiger partial charge in [-0.25, -0.2) is 0 Å². The molecule has 0 amide bonds. The Balaban J connectivity index is 1.85. The summed E-state index contributed by atoms with van der Waals surface area (Å²) < 4.78 is 7.04. The van der Waals surface area contributed by atoms with Crippen LogP contribution in [0.1, 0.15) is 51.1 Å².